The van der Waals surface area contributed by atoms with Gasteiger partial charge in [-0.2, -0.15) is 0 Å². The van der Waals surface area contributed by atoms with Crippen LogP contribution in [0.1, 0.15) is 43.4 Å². The molecular weight excluding hydrogens is 388 g/mol. The Morgan fingerprint density at radius 2 is 1.58 bits per heavy atom. The number of ether oxygens (including phenoxy) is 1. The van der Waals surface area contributed by atoms with Crippen molar-refractivity contribution in [2.75, 3.05) is 24.6 Å². The van der Waals surface area contributed by atoms with Crippen molar-refractivity contribution in [1.29, 1.82) is 0 Å². The molecule has 0 atom stereocenters. The predicted octanol–water partition coefficient (Wildman–Crippen LogP) is 4.72. The van der Waals surface area contributed by atoms with Crippen LogP contribution in [-0.4, -0.2) is 36.4 Å². The lowest BCUT2D eigenvalue weighted by molar-refractivity contribution is -0.120. The Morgan fingerprint density at radius 1 is 0.903 bits per heavy atom. The van der Waals surface area contributed by atoms with E-state index >= 15 is 0 Å². The molecule has 1 fully saturated rings. The zero-order valence-corrected chi connectivity index (χ0v) is 18.8. The van der Waals surface area contributed by atoms with Crippen LogP contribution in [0.4, 0.5) is 5.69 Å². The zero-order chi connectivity index (χ0) is 22.1. The summed E-state index contributed by atoms with van der Waals surface area (Å²) in [5.41, 5.74) is 4.69. The monoisotopic (exact) mass is 418 g/mol. The second-order valence-electron chi connectivity index (χ2n) is 8.86. The van der Waals surface area contributed by atoms with Crippen molar-refractivity contribution >= 4 is 23.1 Å². The Bertz CT molecular complexity index is 1030. The van der Waals surface area contributed by atoms with Crippen molar-refractivity contribution in [2.45, 2.75) is 40.5 Å². The van der Waals surface area contributed by atoms with Gasteiger partial charge in [0.25, 0.3) is 11.8 Å². The summed E-state index contributed by atoms with van der Waals surface area (Å²) in [6, 6.07) is 13.2. The first-order chi connectivity index (χ1) is 14.9. The van der Waals surface area contributed by atoms with Crippen molar-refractivity contribution in [1.82, 2.24) is 4.90 Å². The minimum Gasteiger partial charge on any atom is -0.493 e. The summed E-state index contributed by atoms with van der Waals surface area (Å²) < 4.78 is 5.75. The highest BCUT2D eigenvalue weighted by Gasteiger charge is 2.43. The Labute approximate surface area is 184 Å². The van der Waals surface area contributed by atoms with Crippen molar-refractivity contribution in [2.24, 2.45) is 5.92 Å². The highest BCUT2D eigenvalue weighted by Crippen LogP contribution is 2.37. The van der Waals surface area contributed by atoms with Crippen LogP contribution in [0.15, 0.2) is 48.2 Å². The van der Waals surface area contributed by atoms with Crippen LogP contribution in [-0.2, 0) is 9.59 Å². The van der Waals surface area contributed by atoms with Crippen LogP contribution in [0.2, 0.25) is 0 Å². The van der Waals surface area contributed by atoms with Gasteiger partial charge in [0, 0.05) is 13.1 Å². The summed E-state index contributed by atoms with van der Waals surface area (Å²) in [5, 5.41) is 0. The number of amides is 2. The molecule has 2 aliphatic heterocycles. The van der Waals surface area contributed by atoms with Gasteiger partial charge in [0.2, 0.25) is 0 Å². The molecule has 162 valence electrons. The number of nitrogens with zero attached hydrogens (tertiary/aromatic N) is 2. The summed E-state index contributed by atoms with van der Waals surface area (Å²) in [5.74, 6) is 0.662. The lowest BCUT2D eigenvalue weighted by Crippen LogP contribution is -2.34. The molecule has 2 amide bonds. The summed E-state index contributed by atoms with van der Waals surface area (Å²) in [6.07, 6.45) is 2.07. The number of imide groups is 1. The highest BCUT2D eigenvalue weighted by atomic mass is 16.5. The van der Waals surface area contributed by atoms with Gasteiger partial charge >= 0.3 is 0 Å². The molecule has 0 aliphatic carbocycles. The maximum Gasteiger partial charge on any atom is 0.282 e. The first-order valence-corrected chi connectivity index (χ1v) is 11.1. The lowest BCUT2D eigenvalue weighted by Gasteiger charge is -2.20. The molecule has 0 spiro atoms. The van der Waals surface area contributed by atoms with Crippen LogP contribution >= 0.6 is 0 Å². The maximum absolute atomic E-state index is 13.6. The van der Waals surface area contributed by atoms with Crippen LogP contribution in [0.5, 0.6) is 5.75 Å². The number of rotatable bonds is 6. The van der Waals surface area contributed by atoms with E-state index in [9.17, 15) is 9.59 Å². The average molecular weight is 419 g/mol. The van der Waals surface area contributed by atoms with Gasteiger partial charge in [-0.05, 0) is 73.6 Å². The molecule has 2 heterocycles. The van der Waals surface area contributed by atoms with E-state index in [-0.39, 0.29) is 11.8 Å². The number of anilines is 1. The number of carbonyl (C=O) groups is 2. The second kappa shape index (κ2) is 8.58. The second-order valence-corrected chi connectivity index (χ2v) is 8.86. The number of hydrogen-bond acceptors (Lipinski definition) is 4. The largest absolute Gasteiger partial charge is 0.493 e. The number of hydrogen-bond donors (Lipinski definition) is 0. The van der Waals surface area contributed by atoms with E-state index in [2.05, 4.69) is 18.7 Å². The SMILES string of the molecule is Cc1ccc(C2=C(N3CCCC3)C(=O)N(c3ccc(OCC(C)C)cc3)C2=O)cc1C. The fraction of sp³-hybridized carbons (Fsp3) is 0.385. The van der Waals surface area contributed by atoms with Gasteiger partial charge in [-0.3, -0.25) is 9.59 Å². The van der Waals surface area contributed by atoms with E-state index in [1.165, 1.54) is 4.90 Å². The third-order valence-corrected chi connectivity index (χ3v) is 5.96. The summed E-state index contributed by atoms with van der Waals surface area (Å²) >= 11 is 0. The molecule has 2 aromatic carbocycles. The fourth-order valence-electron chi connectivity index (χ4n) is 4.10. The molecule has 5 nitrogen and oxygen atoms in total. The minimum absolute atomic E-state index is 0.240. The number of carbonyl (C=O) groups excluding carboxylic acids is 2. The third kappa shape index (κ3) is 4.09. The molecule has 2 aromatic rings. The van der Waals surface area contributed by atoms with Gasteiger partial charge in [0.15, 0.2) is 0 Å². The van der Waals surface area contributed by atoms with Gasteiger partial charge in [0.05, 0.1) is 17.9 Å². The van der Waals surface area contributed by atoms with Crippen LogP contribution in [0, 0.1) is 19.8 Å². The van der Waals surface area contributed by atoms with Gasteiger partial charge in [-0.1, -0.05) is 32.0 Å². The Hall–Kier alpha value is -3.08. The number of aryl methyl sites for hydroxylation is 2. The van der Waals surface area contributed by atoms with Crippen molar-refractivity contribution in [3.8, 4) is 5.75 Å². The van der Waals surface area contributed by atoms with E-state index in [1.54, 1.807) is 12.1 Å². The maximum atomic E-state index is 13.6. The molecule has 0 N–H and O–H groups in total. The van der Waals surface area contributed by atoms with Crippen LogP contribution in [0.3, 0.4) is 0 Å². The fourth-order valence-corrected chi connectivity index (χ4v) is 4.10. The van der Waals surface area contributed by atoms with Crippen molar-refractivity contribution in [3.63, 3.8) is 0 Å². The topological polar surface area (TPSA) is 49.9 Å². The molecule has 1 saturated heterocycles. The Balaban J connectivity index is 1.70. The smallest absolute Gasteiger partial charge is 0.282 e. The molecule has 4 rings (SSSR count). The van der Waals surface area contributed by atoms with Crippen molar-refractivity contribution < 1.29 is 14.3 Å². The number of benzene rings is 2. The molecule has 0 radical (unpaired) electrons. The average Bonchev–Trinajstić information content (AvgIpc) is 3.35. The van der Waals surface area contributed by atoms with E-state index in [4.69, 9.17) is 4.74 Å². The van der Waals surface area contributed by atoms with E-state index in [0.29, 0.717) is 29.5 Å². The minimum atomic E-state index is -0.258. The zero-order valence-electron chi connectivity index (χ0n) is 18.8. The number of likely N-dealkylation sites (tertiary alicyclic amines) is 1. The Kier molecular flexibility index (Phi) is 5.86. The first-order valence-electron chi connectivity index (χ1n) is 11.1. The molecule has 0 aromatic heterocycles. The predicted molar refractivity (Wildman–Crippen MR) is 123 cm³/mol. The van der Waals surface area contributed by atoms with Crippen LogP contribution in [0.25, 0.3) is 5.57 Å². The van der Waals surface area contributed by atoms with Crippen LogP contribution < -0.4 is 9.64 Å². The standard InChI is InChI=1S/C26H30N2O3/c1-17(2)16-31-22-11-9-21(10-12-22)28-25(29)23(20-8-7-18(3)19(4)15-20)24(26(28)30)27-13-5-6-14-27/h7-12,15,17H,5-6,13-14,16H2,1-4H3. The van der Waals surface area contributed by atoms with Gasteiger partial charge in [-0.15, -0.1) is 0 Å². The molecular formula is C26H30N2O3. The summed E-state index contributed by atoms with van der Waals surface area (Å²) in [4.78, 5) is 30.5. The first kappa shape index (κ1) is 21.2. The lowest BCUT2D eigenvalue weighted by atomic mass is 9.99. The molecule has 2 aliphatic rings. The summed E-state index contributed by atoms with van der Waals surface area (Å²) in [7, 11) is 0. The normalized spacial score (nSPS) is 16.8. The molecule has 0 unspecified atom stereocenters. The molecule has 31 heavy (non-hydrogen) atoms. The molecule has 0 saturated carbocycles. The van der Waals surface area contributed by atoms with Gasteiger partial charge < -0.3 is 9.64 Å². The molecule has 5 heteroatoms. The Morgan fingerprint density at radius 3 is 2.19 bits per heavy atom. The van der Waals surface area contributed by atoms with E-state index in [0.717, 1.165) is 48.4 Å². The molecule has 0 bridgehead atoms. The van der Waals surface area contributed by atoms with Gasteiger partial charge in [0.1, 0.15) is 11.4 Å². The van der Waals surface area contributed by atoms with Gasteiger partial charge in [-0.25, -0.2) is 4.90 Å². The third-order valence-electron chi connectivity index (χ3n) is 5.96. The van der Waals surface area contributed by atoms with E-state index in [1.807, 2.05) is 44.2 Å². The summed E-state index contributed by atoms with van der Waals surface area (Å²) in [6.45, 7) is 10.5. The quantitative estimate of drug-likeness (QED) is 0.637. The van der Waals surface area contributed by atoms with Crippen molar-refractivity contribution in [3.05, 3.63) is 64.9 Å². The highest BCUT2D eigenvalue weighted by molar-refractivity contribution is 6.45. The van der Waals surface area contributed by atoms with E-state index < -0.39 is 0 Å².